The molecule has 1 aromatic heterocycles. The van der Waals surface area contributed by atoms with Crippen molar-refractivity contribution in [3.63, 3.8) is 0 Å². The summed E-state index contributed by atoms with van der Waals surface area (Å²) < 4.78 is 1.59. The molecule has 0 radical (unpaired) electrons. The van der Waals surface area contributed by atoms with E-state index in [0.717, 1.165) is 12.8 Å². The van der Waals surface area contributed by atoms with Crippen molar-refractivity contribution in [3.8, 4) is 0 Å². The standard InChI is InChI=1S/C11H19N3O/c1-5-6-11(3,4)14-9(15)8(2)7-13-10(14)12/h7H,5-6H2,1-4H3,(H2,12,13). The second-order valence-corrected chi connectivity index (χ2v) is 4.50. The molecule has 1 heterocycles. The van der Waals surface area contributed by atoms with E-state index in [9.17, 15) is 4.79 Å². The predicted octanol–water partition coefficient (Wildman–Crippen LogP) is 1.67. The molecule has 4 heteroatoms. The Morgan fingerprint density at radius 3 is 2.67 bits per heavy atom. The van der Waals surface area contributed by atoms with Gasteiger partial charge in [0.25, 0.3) is 5.56 Å². The lowest BCUT2D eigenvalue weighted by Crippen LogP contribution is -2.39. The molecule has 0 atom stereocenters. The zero-order chi connectivity index (χ0) is 11.6. The zero-order valence-electron chi connectivity index (χ0n) is 9.87. The van der Waals surface area contributed by atoms with Crippen LogP contribution in [0, 0.1) is 6.92 Å². The van der Waals surface area contributed by atoms with Crippen LogP contribution in [-0.4, -0.2) is 9.55 Å². The summed E-state index contributed by atoms with van der Waals surface area (Å²) in [5.41, 5.74) is 6.08. The largest absolute Gasteiger partial charge is 0.369 e. The summed E-state index contributed by atoms with van der Waals surface area (Å²) in [5, 5.41) is 0. The molecule has 0 aliphatic rings. The average molecular weight is 209 g/mol. The van der Waals surface area contributed by atoms with Crippen LogP contribution >= 0.6 is 0 Å². The topological polar surface area (TPSA) is 60.9 Å². The number of anilines is 1. The van der Waals surface area contributed by atoms with E-state index in [-0.39, 0.29) is 11.1 Å². The highest BCUT2D eigenvalue weighted by Gasteiger charge is 2.23. The number of nitrogens with zero attached hydrogens (tertiary/aromatic N) is 2. The lowest BCUT2D eigenvalue weighted by Gasteiger charge is -2.28. The summed E-state index contributed by atoms with van der Waals surface area (Å²) in [5.74, 6) is 0.295. The molecule has 0 amide bonds. The molecule has 4 nitrogen and oxygen atoms in total. The van der Waals surface area contributed by atoms with Gasteiger partial charge in [-0.25, -0.2) is 4.98 Å². The van der Waals surface area contributed by atoms with Crippen LogP contribution < -0.4 is 11.3 Å². The molecule has 0 saturated carbocycles. The van der Waals surface area contributed by atoms with E-state index in [2.05, 4.69) is 11.9 Å². The maximum Gasteiger partial charge on any atom is 0.258 e. The maximum atomic E-state index is 12.0. The monoisotopic (exact) mass is 209 g/mol. The Kier molecular flexibility index (Phi) is 3.17. The van der Waals surface area contributed by atoms with Gasteiger partial charge in [-0.3, -0.25) is 9.36 Å². The molecule has 0 unspecified atom stereocenters. The fourth-order valence-electron chi connectivity index (χ4n) is 1.86. The van der Waals surface area contributed by atoms with Gasteiger partial charge in [0.05, 0.1) is 0 Å². The number of hydrogen-bond donors (Lipinski definition) is 1. The first-order valence-corrected chi connectivity index (χ1v) is 5.24. The second kappa shape index (κ2) is 4.04. The second-order valence-electron chi connectivity index (χ2n) is 4.50. The molecule has 1 aromatic rings. The van der Waals surface area contributed by atoms with Crippen molar-refractivity contribution in [2.75, 3.05) is 5.73 Å². The third-order valence-corrected chi connectivity index (χ3v) is 2.63. The van der Waals surface area contributed by atoms with Crippen molar-refractivity contribution in [3.05, 3.63) is 22.1 Å². The van der Waals surface area contributed by atoms with Crippen molar-refractivity contribution < 1.29 is 0 Å². The fraction of sp³-hybridized carbons (Fsp3) is 0.636. The molecular formula is C11H19N3O. The van der Waals surface area contributed by atoms with Crippen molar-refractivity contribution in [1.29, 1.82) is 0 Å². The van der Waals surface area contributed by atoms with Crippen LogP contribution in [0.3, 0.4) is 0 Å². The van der Waals surface area contributed by atoms with Crippen LogP contribution in [0.25, 0.3) is 0 Å². The molecule has 0 saturated heterocycles. The molecular weight excluding hydrogens is 190 g/mol. The lowest BCUT2D eigenvalue weighted by molar-refractivity contribution is 0.316. The summed E-state index contributed by atoms with van der Waals surface area (Å²) in [4.78, 5) is 16.0. The van der Waals surface area contributed by atoms with Gasteiger partial charge in [0.15, 0.2) is 0 Å². The van der Waals surface area contributed by atoms with Gasteiger partial charge in [-0.2, -0.15) is 0 Å². The van der Waals surface area contributed by atoms with Crippen LogP contribution in [0.1, 0.15) is 39.2 Å². The molecule has 2 N–H and O–H groups in total. The van der Waals surface area contributed by atoms with Crippen molar-refractivity contribution in [2.24, 2.45) is 0 Å². The predicted molar refractivity (Wildman–Crippen MR) is 61.9 cm³/mol. The molecule has 0 fully saturated rings. The first kappa shape index (κ1) is 11.8. The molecule has 0 aromatic carbocycles. The van der Waals surface area contributed by atoms with Crippen LogP contribution in [0.5, 0.6) is 0 Å². The van der Waals surface area contributed by atoms with Gasteiger partial charge in [0.1, 0.15) is 0 Å². The highest BCUT2D eigenvalue weighted by atomic mass is 16.1. The third-order valence-electron chi connectivity index (χ3n) is 2.63. The normalized spacial score (nSPS) is 11.7. The number of hydrogen-bond acceptors (Lipinski definition) is 3. The Hall–Kier alpha value is -1.32. The van der Waals surface area contributed by atoms with E-state index < -0.39 is 0 Å². The molecule has 1 rings (SSSR count). The zero-order valence-corrected chi connectivity index (χ0v) is 9.87. The minimum atomic E-state index is -0.269. The van der Waals surface area contributed by atoms with Crippen molar-refractivity contribution in [1.82, 2.24) is 9.55 Å². The van der Waals surface area contributed by atoms with Gasteiger partial charge in [-0.05, 0) is 27.2 Å². The van der Waals surface area contributed by atoms with Crippen molar-refractivity contribution in [2.45, 2.75) is 46.1 Å². The van der Waals surface area contributed by atoms with Gasteiger partial charge in [-0.1, -0.05) is 13.3 Å². The van der Waals surface area contributed by atoms with Gasteiger partial charge < -0.3 is 5.73 Å². The van der Waals surface area contributed by atoms with Crippen LogP contribution in [0.15, 0.2) is 11.0 Å². The summed E-state index contributed by atoms with van der Waals surface area (Å²) in [6.45, 7) is 7.87. The molecule has 0 aliphatic heterocycles. The first-order chi connectivity index (χ1) is 6.90. The first-order valence-electron chi connectivity index (χ1n) is 5.24. The highest BCUT2D eigenvalue weighted by molar-refractivity contribution is 5.22. The van der Waals surface area contributed by atoms with Gasteiger partial charge in [0, 0.05) is 17.3 Å². The SMILES string of the molecule is CCCC(C)(C)n1c(N)ncc(C)c1=O. The molecule has 15 heavy (non-hydrogen) atoms. The van der Waals surface area contributed by atoms with E-state index in [1.807, 2.05) is 13.8 Å². The maximum absolute atomic E-state index is 12.0. The number of aromatic nitrogens is 2. The summed E-state index contributed by atoms with van der Waals surface area (Å²) in [7, 11) is 0. The Bertz CT molecular complexity index is 407. The third kappa shape index (κ3) is 2.19. The minimum absolute atomic E-state index is 0.0408. The van der Waals surface area contributed by atoms with E-state index in [1.165, 1.54) is 6.20 Å². The van der Waals surface area contributed by atoms with Gasteiger partial charge in [-0.15, -0.1) is 0 Å². The Morgan fingerprint density at radius 1 is 1.53 bits per heavy atom. The molecule has 0 bridgehead atoms. The van der Waals surface area contributed by atoms with Crippen LogP contribution in [0.4, 0.5) is 5.95 Å². The smallest absolute Gasteiger partial charge is 0.258 e. The van der Waals surface area contributed by atoms with E-state index in [4.69, 9.17) is 5.73 Å². The minimum Gasteiger partial charge on any atom is -0.369 e. The van der Waals surface area contributed by atoms with E-state index in [1.54, 1.807) is 11.5 Å². The van der Waals surface area contributed by atoms with Crippen molar-refractivity contribution >= 4 is 5.95 Å². The molecule has 84 valence electrons. The lowest BCUT2D eigenvalue weighted by atomic mass is 9.98. The van der Waals surface area contributed by atoms with E-state index in [0.29, 0.717) is 11.5 Å². The number of nitrogen functional groups attached to an aromatic ring is 1. The average Bonchev–Trinajstić information content (AvgIpc) is 2.11. The summed E-state index contributed by atoms with van der Waals surface area (Å²) in [6.07, 6.45) is 3.44. The number of nitrogens with two attached hydrogens (primary N) is 1. The number of rotatable bonds is 3. The number of aryl methyl sites for hydroxylation is 1. The fourth-order valence-corrected chi connectivity index (χ4v) is 1.86. The molecule has 0 aliphatic carbocycles. The van der Waals surface area contributed by atoms with Gasteiger partial charge in [0.2, 0.25) is 5.95 Å². The van der Waals surface area contributed by atoms with Crippen LogP contribution in [-0.2, 0) is 5.54 Å². The highest BCUT2D eigenvalue weighted by Crippen LogP contribution is 2.21. The summed E-state index contributed by atoms with van der Waals surface area (Å²) >= 11 is 0. The quantitative estimate of drug-likeness (QED) is 0.823. The van der Waals surface area contributed by atoms with Crippen LogP contribution in [0.2, 0.25) is 0 Å². The summed E-state index contributed by atoms with van der Waals surface area (Å²) in [6, 6.07) is 0. The van der Waals surface area contributed by atoms with E-state index >= 15 is 0 Å². The van der Waals surface area contributed by atoms with Gasteiger partial charge >= 0.3 is 0 Å². The molecule has 0 spiro atoms. The Labute approximate surface area is 90.1 Å². The Morgan fingerprint density at radius 2 is 2.13 bits per heavy atom. The Balaban J connectivity index is 3.36.